The summed E-state index contributed by atoms with van der Waals surface area (Å²) in [4.78, 5) is 15.2. The number of rotatable bonds is 5. The largest absolute Gasteiger partial charge is 0.478 e. The van der Waals surface area contributed by atoms with Gasteiger partial charge >= 0.3 is 5.97 Å². The molecule has 0 aliphatic heterocycles. The maximum absolute atomic E-state index is 11.1. The van der Waals surface area contributed by atoms with E-state index in [0.717, 1.165) is 5.76 Å². The molecule has 0 aromatic carbocycles. The molecule has 2 rings (SSSR count). The molecule has 18 heavy (non-hydrogen) atoms. The van der Waals surface area contributed by atoms with Crippen LogP contribution in [0, 0.1) is 6.92 Å². The quantitative estimate of drug-likeness (QED) is 0.846. The van der Waals surface area contributed by atoms with Crippen molar-refractivity contribution >= 4 is 11.8 Å². The van der Waals surface area contributed by atoms with E-state index >= 15 is 0 Å². The zero-order valence-electron chi connectivity index (χ0n) is 10.0. The van der Waals surface area contributed by atoms with E-state index in [1.165, 1.54) is 0 Å². The molecule has 0 saturated heterocycles. The van der Waals surface area contributed by atoms with Crippen LogP contribution in [0.2, 0.25) is 0 Å². The summed E-state index contributed by atoms with van der Waals surface area (Å²) in [5.41, 5.74) is 0.912. The van der Waals surface area contributed by atoms with Crippen LogP contribution in [-0.4, -0.2) is 22.6 Å². The number of nitrogens with one attached hydrogen (secondary N) is 1. The van der Waals surface area contributed by atoms with E-state index in [0.29, 0.717) is 24.3 Å². The van der Waals surface area contributed by atoms with Gasteiger partial charge in [-0.25, -0.2) is 9.78 Å². The van der Waals surface area contributed by atoms with Gasteiger partial charge in [-0.05, 0) is 30.7 Å². The molecule has 0 unspecified atom stereocenters. The van der Waals surface area contributed by atoms with Crippen molar-refractivity contribution in [3.05, 3.63) is 47.5 Å². The third kappa shape index (κ3) is 2.68. The summed E-state index contributed by atoms with van der Waals surface area (Å²) in [6.07, 6.45) is 3.89. The highest BCUT2D eigenvalue weighted by molar-refractivity contribution is 5.94. The second kappa shape index (κ2) is 5.35. The molecule has 0 spiro atoms. The van der Waals surface area contributed by atoms with Crippen LogP contribution in [-0.2, 0) is 6.42 Å². The van der Waals surface area contributed by atoms with Crippen LogP contribution in [0.15, 0.2) is 35.1 Å². The average molecular weight is 246 g/mol. The van der Waals surface area contributed by atoms with Gasteiger partial charge in [-0.2, -0.15) is 0 Å². The highest BCUT2D eigenvalue weighted by Gasteiger charge is 2.13. The molecule has 0 saturated carbocycles. The number of aromatic carboxylic acids is 1. The zero-order valence-corrected chi connectivity index (χ0v) is 10.0. The van der Waals surface area contributed by atoms with Gasteiger partial charge in [0.1, 0.15) is 17.1 Å². The maximum Gasteiger partial charge on any atom is 0.339 e. The molecule has 0 aliphatic rings. The van der Waals surface area contributed by atoms with Crippen molar-refractivity contribution in [1.82, 2.24) is 4.98 Å². The van der Waals surface area contributed by atoms with Gasteiger partial charge in [0.25, 0.3) is 0 Å². The molecule has 0 amide bonds. The van der Waals surface area contributed by atoms with Gasteiger partial charge in [0.15, 0.2) is 0 Å². The number of anilines is 1. The molecular formula is C13H14N2O3. The summed E-state index contributed by atoms with van der Waals surface area (Å²) >= 11 is 0. The normalized spacial score (nSPS) is 10.3. The highest BCUT2D eigenvalue weighted by Crippen LogP contribution is 2.16. The smallest absolute Gasteiger partial charge is 0.339 e. The van der Waals surface area contributed by atoms with Crippen molar-refractivity contribution in [2.24, 2.45) is 0 Å². The Bertz CT molecular complexity index is 535. The summed E-state index contributed by atoms with van der Waals surface area (Å²) in [5, 5.41) is 12.2. The lowest BCUT2D eigenvalue weighted by Gasteiger charge is -2.09. The van der Waals surface area contributed by atoms with Gasteiger partial charge in [-0.3, -0.25) is 0 Å². The van der Waals surface area contributed by atoms with Crippen LogP contribution in [0.5, 0.6) is 0 Å². The predicted octanol–water partition coefficient (Wildman–Crippen LogP) is 2.34. The Kier molecular flexibility index (Phi) is 3.62. The summed E-state index contributed by atoms with van der Waals surface area (Å²) in [6.45, 7) is 2.33. The Balaban J connectivity index is 2.05. The second-order valence-corrected chi connectivity index (χ2v) is 3.91. The van der Waals surface area contributed by atoms with E-state index < -0.39 is 5.97 Å². The molecule has 2 aromatic rings. The summed E-state index contributed by atoms with van der Waals surface area (Å²) in [5.74, 6) is 0.280. The Labute approximate surface area is 104 Å². The lowest BCUT2D eigenvalue weighted by atomic mass is 10.1. The second-order valence-electron chi connectivity index (χ2n) is 3.91. The van der Waals surface area contributed by atoms with Crippen LogP contribution in [0.1, 0.15) is 21.7 Å². The first kappa shape index (κ1) is 12.2. The van der Waals surface area contributed by atoms with Crippen molar-refractivity contribution in [1.29, 1.82) is 0 Å². The molecule has 0 atom stereocenters. The number of hydrogen-bond acceptors (Lipinski definition) is 4. The zero-order chi connectivity index (χ0) is 13.0. The first-order valence-electron chi connectivity index (χ1n) is 5.63. The highest BCUT2D eigenvalue weighted by atomic mass is 16.4. The number of aromatic nitrogens is 1. The number of hydrogen-bond donors (Lipinski definition) is 2. The topological polar surface area (TPSA) is 75.4 Å². The van der Waals surface area contributed by atoms with Crippen molar-refractivity contribution in [3.8, 4) is 0 Å². The molecule has 2 aromatic heterocycles. The molecule has 2 heterocycles. The number of carboxylic acid groups (broad SMARTS) is 1. The van der Waals surface area contributed by atoms with Gasteiger partial charge in [0.2, 0.25) is 0 Å². The number of pyridine rings is 1. The van der Waals surface area contributed by atoms with Gasteiger partial charge in [0, 0.05) is 19.2 Å². The number of carboxylic acids is 1. The monoisotopic (exact) mass is 246 g/mol. The summed E-state index contributed by atoms with van der Waals surface area (Å²) in [6, 6.07) is 5.38. The fourth-order valence-electron chi connectivity index (χ4n) is 1.72. The van der Waals surface area contributed by atoms with E-state index in [1.54, 1.807) is 25.5 Å². The Morgan fingerprint density at radius 3 is 3.00 bits per heavy atom. The molecule has 0 radical (unpaired) electrons. The van der Waals surface area contributed by atoms with Crippen LogP contribution in [0.3, 0.4) is 0 Å². The first-order chi connectivity index (χ1) is 8.68. The van der Waals surface area contributed by atoms with Gasteiger partial charge < -0.3 is 14.8 Å². The minimum absolute atomic E-state index is 0.219. The van der Waals surface area contributed by atoms with Crippen LogP contribution in [0.4, 0.5) is 5.82 Å². The van der Waals surface area contributed by atoms with Crippen LogP contribution < -0.4 is 5.32 Å². The minimum atomic E-state index is -0.971. The van der Waals surface area contributed by atoms with Crippen molar-refractivity contribution < 1.29 is 14.3 Å². The molecule has 0 aliphatic carbocycles. The molecule has 94 valence electrons. The van der Waals surface area contributed by atoms with E-state index in [4.69, 9.17) is 9.52 Å². The first-order valence-corrected chi connectivity index (χ1v) is 5.63. The van der Waals surface area contributed by atoms with E-state index in [-0.39, 0.29) is 5.56 Å². The standard InChI is InChI=1S/C13H14N2O3/c1-9-4-6-14-12(11(9)13(16)17)15-7-5-10-3-2-8-18-10/h2-4,6,8H,5,7H2,1H3,(H,14,15)(H,16,17). The number of nitrogens with zero attached hydrogens (tertiary/aromatic N) is 1. The van der Waals surface area contributed by atoms with E-state index in [1.807, 2.05) is 12.1 Å². The third-order valence-electron chi connectivity index (χ3n) is 2.62. The Morgan fingerprint density at radius 1 is 1.50 bits per heavy atom. The van der Waals surface area contributed by atoms with Crippen molar-refractivity contribution in [2.45, 2.75) is 13.3 Å². The Hall–Kier alpha value is -2.30. The third-order valence-corrected chi connectivity index (χ3v) is 2.62. The van der Waals surface area contributed by atoms with Gasteiger partial charge in [-0.15, -0.1) is 0 Å². The van der Waals surface area contributed by atoms with Crippen LogP contribution in [0.25, 0.3) is 0 Å². The lowest BCUT2D eigenvalue weighted by Crippen LogP contribution is -2.12. The molecule has 5 nitrogen and oxygen atoms in total. The van der Waals surface area contributed by atoms with E-state index in [2.05, 4.69) is 10.3 Å². The van der Waals surface area contributed by atoms with Crippen LogP contribution >= 0.6 is 0 Å². The average Bonchev–Trinajstić information content (AvgIpc) is 2.81. The molecule has 2 N–H and O–H groups in total. The minimum Gasteiger partial charge on any atom is -0.478 e. The molecule has 5 heteroatoms. The van der Waals surface area contributed by atoms with E-state index in [9.17, 15) is 4.79 Å². The fourth-order valence-corrected chi connectivity index (χ4v) is 1.72. The number of aryl methyl sites for hydroxylation is 1. The molecular weight excluding hydrogens is 232 g/mol. The summed E-state index contributed by atoms with van der Waals surface area (Å²) in [7, 11) is 0. The van der Waals surface area contributed by atoms with Gasteiger partial charge in [-0.1, -0.05) is 0 Å². The van der Waals surface area contributed by atoms with Crippen molar-refractivity contribution in [3.63, 3.8) is 0 Å². The fraction of sp³-hybridized carbons (Fsp3) is 0.231. The lowest BCUT2D eigenvalue weighted by molar-refractivity contribution is 0.0697. The SMILES string of the molecule is Cc1ccnc(NCCc2ccco2)c1C(=O)O. The maximum atomic E-state index is 11.1. The number of carbonyl (C=O) groups is 1. The number of furan rings is 1. The van der Waals surface area contributed by atoms with Gasteiger partial charge in [0.05, 0.1) is 6.26 Å². The molecule has 0 fully saturated rings. The molecule has 0 bridgehead atoms. The predicted molar refractivity (Wildman–Crippen MR) is 66.8 cm³/mol. The van der Waals surface area contributed by atoms with Crippen molar-refractivity contribution in [2.75, 3.05) is 11.9 Å². The summed E-state index contributed by atoms with van der Waals surface area (Å²) < 4.78 is 5.20. The Morgan fingerprint density at radius 2 is 2.33 bits per heavy atom.